The average molecular weight is 279 g/mol. The number of benzene rings is 1. The van der Waals surface area contributed by atoms with E-state index in [0.717, 1.165) is 37.4 Å². The van der Waals surface area contributed by atoms with Crippen LogP contribution >= 0.6 is 0 Å². The number of aliphatic carboxylic acids is 1. The molecule has 1 aliphatic rings. The number of ether oxygens (including phenoxy) is 2. The number of rotatable bonds is 6. The van der Waals surface area contributed by atoms with Gasteiger partial charge >= 0.3 is 5.97 Å². The summed E-state index contributed by atoms with van der Waals surface area (Å²) >= 11 is 0. The van der Waals surface area contributed by atoms with Gasteiger partial charge in [-0.3, -0.25) is 4.90 Å². The Hall–Kier alpha value is -1.59. The van der Waals surface area contributed by atoms with E-state index in [1.165, 1.54) is 0 Å². The van der Waals surface area contributed by atoms with Gasteiger partial charge in [0.25, 0.3) is 0 Å². The van der Waals surface area contributed by atoms with Crippen LogP contribution in [0.1, 0.15) is 18.9 Å². The summed E-state index contributed by atoms with van der Waals surface area (Å²) in [6.45, 7) is 5.20. The molecule has 0 amide bonds. The van der Waals surface area contributed by atoms with E-state index in [1.807, 2.05) is 24.3 Å². The molecular weight excluding hydrogens is 258 g/mol. The summed E-state index contributed by atoms with van der Waals surface area (Å²) < 4.78 is 10.7. The van der Waals surface area contributed by atoms with Crippen LogP contribution in [0, 0.1) is 0 Å². The van der Waals surface area contributed by atoms with Crippen molar-refractivity contribution in [1.29, 1.82) is 0 Å². The molecule has 5 nitrogen and oxygen atoms in total. The molecule has 1 unspecified atom stereocenters. The lowest BCUT2D eigenvalue weighted by Gasteiger charge is -2.30. The first-order valence-corrected chi connectivity index (χ1v) is 6.97. The maximum Gasteiger partial charge on any atom is 0.334 e. The van der Waals surface area contributed by atoms with E-state index in [-0.39, 0.29) is 0 Å². The molecule has 5 heteroatoms. The van der Waals surface area contributed by atoms with Gasteiger partial charge in [-0.25, -0.2) is 4.79 Å². The molecule has 0 aliphatic carbocycles. The molecule has 1 saturated heterocycles. The Morgan fingerprint density at radius 1 is 1.45 bits per heavy atom. The van der Waals surface area contributed by atoms with Gasteiger partial charge < -0.3 is 14.6 Å². The van der Waals surface area contributed by atoms with E-state index in [9.17, 15) is 4.79 Å². The van der Waals surface area contributed by atoms with Crippen molar-refractivity contribution >= 4 is 5.97 Å². The summed E-state index contributed by atoms with van der Waals surface area (Å²) in [5, 5.41) is 8.97. The lowest BCUT2D eigenvalue weighted by atomic mass is 10.2. The molecule has 2 rings (SSSR count). The standard InChI is InChI=1S/C15H21NO4/c1-2-8-19-13-5-3-12(4-6-13)10-16-7-9-20-14(11-16)15(17)18/h3-6,14H,2,7-11H2,1H3,(H,17,18). The Labute approximate surface area is 119 Å². The minimum atomic E-state index is -0.891. The maximum atomic E-state index is 10.9. The highest BCUT2D eigenvalue weighted by atomic mass is 16.5. The van der Waals surface area contributed by atoms with Gasteiger partial charge in [0.1, 0.15) is 5.75 Å². The third-order valence-electron chi connectivity index (χ3n) is 3.23. The maximum absolute atomic E-state index is 10.9. The van der Waals surface area contributed by atoms with E-state index in [2.05, 4.69) is 11.8 Å². The number of carbonyl (C=O) groups is 1. The topological polar surface area (TPSA) is 59.0 Å². The third kappa shape index (κ3) is 4.21. The van der Waals surface area contributed by atoms with Crippen LogP contribution in [-0.4, -0.2) is 48.4 Å². The average Bonchev–Trinajstić information content (AvgIpc) is 2.47. The van der Waals surface area contributed by atoms with Crippen molar-refractivity contribution in [2.75, 3.05) is 26.3 Å². The summed E-state index contributed by atoms with van der Waals surface area (Å²) in [5.41, 5.74) is 1.15. The Balaban J connectivity index is 1.87. The van der Waals surface area contributed by atoms with Gasteiger partial charge in [-0.05, 0) is 24.1 Å². The number of hydrogen-bond donors (Lipinski definition) is 1. The highest BCUT2D eigenvalue weighted by molar-refractivity contribution is 5.72. The van der Waals surface area contributed by atoms with Crippen molar-refractivity contribution in [1.82, 2.24) is 4.90 Å². The third-order valence-corrected chi connectivity index (χ3v) is 3.23. The normalized spacial score (nSPS) is 19.8. The zero-order valence-electron chi connectivity index (χ0n) is 11.7. The molecule has 1 aliphatic heterocycles. The summed E-state index contributed by atoms with van der Waals surface area (Å²) in [6, 6.07) is 7.96. The van der Waals surface area contributed by atoms with Gasteiger partial charge in [-0.15, -0.1) is 0 Å². The van der Waals surface area contributed by atoms with Crippen LogP contribution in [0.3, 0.4) is 0 Å². The molecule has 0 radical (unpaired) electrons. The van der Waals surface area contributed by atoms with Crippen LogP contribution in [0.25, 0.3) is 0 Å². The number of hydrogen-bond acceptors (Lipinski definition) is 4. The van der Waals surface area contributed by atoms with Gasteiger partial charge in [0.15, 0.2) is 6.10 Å². The second-order valence-electron chi connectivity index (χ2n) is 4.93. The van der Waals surface area contributed by atoms with Gasteiger partial charge in [-0.1, -0.05) is 19.1 Å². The number of carboxylic acids is 1. The van der Waals surface area contributed by atoms with Crippen molar-refractivity contribution in [3.05, 3.63) is 29.8 Å². The fourth-order valence-corrected chi connectivity index (χ4v) is 2.16. The number of morpholine rings is 1. The predicted molar refractivity (Wildman–Crippen MR) is 74.9 cm³/mol. The van der Waals surface area contributed by atoms with Crippen LogP contribution in [0.15, 0.2) is 24.3 Å². The Morgan fingerprint density at radius 2 is 2.20 bits per heavy atom. The molecule has 0 bridgehead atoms. The molecule has 1 fully saturated rings. The molecule has 1 aromatic rings. The number of carboxylic acid groups (broad SMARTS) is 1. The minimum Gasteiger partial charge on any atom is -0.494 e. The van der Waals surface area contributed by atoms with E-state index in [1.54, 1.807) is 0 Å². The van der Waals surface area contributed by atoms with Crippen molar-refractivity contribution in [3.8, 4) is 5.75 Å². The fourth-order valence-electron chi connectivity index (χ4n) is 2.16. The summed E-state index contributed by atoms with van der Waals surface area (Å²) in [6.07, 6.45) is 0.280. The molecule has 0 aromatic heterocycles. The fraction of sp³-hybridized carbons (Fsp3) is 0.533. The minimum absolute atomic E-state index is 0.434. The smallest absolute Gasteiger partial charge is 0.334 e. The molecule has 20 heavy (non-hydrogen) atoms. The summed E-state index contributed by atoms with van der Waals surface area (Å²) in [7, 11) is 0. The first-order valence-electron chi connectivity index (χ1n) is 6.97. The molecule has 0 spiro atoms. The van der Waals surface area contributed by atoms with Crippen LogP contribution in [0.5, 0.6) is 5.75 Å². The first kappa shape index (κ1) is 14.8. The second kappa shape index (κ2) is 7.26. The number of nitrogens with zero attached hydrogens (tertiary/aromatic N) is 1. The van der Waals surface area contributed by atoms with Crippen LogP contribution in [-0.2, 0) is 16.1 Å². The van der Waals surface area contributed by atoms with Crippen molar-refractivity contribution in [2.24, 2.45) is 0 Å². The first-order chi connectivity index (χ1) is 9.69. The largest absolute Gasteiger partial charge is 0.494 e. The SMILES string of the molecule is CCCOc1ccc(CN2CCOC(C(=O)O)C2)cc1. The van der Waals surface area contributed by atoms with Crippen molar-refractivity contribution < 1.29 is 19.4 Å². The zero-order chi connectivity index (χ0) is 14.4. The van der Waals surface area contributed by atoms with Crippen LogP contribution in [0.2, 0.25) is 0 Å². The molecule has 1 N–H and O–H groups in total. The Bertz CT molecular complexity index is 432. The van der Waals surface area contributed by atoms with Gasteiger partial charge in [0.2, 0.25) is 0 Å². The Morgan fingerprint density at radius 3 is 2.85 bits per heavy atom. The van der Waals surface area contributed by atoms with Gasteiger partial charge in [0, 0.05) is 19.6 Å². The lowest BCUT2D eigenvalue weighted by molar-refractivity contribution is -0.156. The van der Waals surface area contributed by atoms with Gasteiger partial charge in [0.05, 0.1) is 13.2 Å². The van der Waals surface area contributed by atoms with Crippen LogP contribution in [0.4, 0.5) is 0 Å². The monoisotopic (exact) mass is 279 g/mol. The molecular formula is C15H21NO4. The van der Waals surface area contributed by atoms with Crippen molar-refractivity contribution in [2.45, 2.75) is 26.0 Å². The molecule has 0 saturated carbocycles. The van der Waals surface area contributed by atoms with E-state index >= 15 is 0 Å². The Kier molecular flexibility index (Phi) is 5.38. The summed E-state index contributed by atoms with van der Waals surface area (Å²) in [4.78, 5) is 13.0. The molecule has 1 heterocycles. The summed E-state index contributed by atoms with van der Waals surface area (Å²) in [5.74, 6) is -0.0148. The van der Waals surface area contributed by atoms with Crippen LogP contribution < -0.4 is 4.74 Å². The quantitative estimate of drug-likeness (QED) is 0.860. The van der Waals surface area contributed by atoms with Gasteiger partial charge in [-0.2, -0.15) is 0 Å². The zero-order valence-corrected chi connectivity index (χ0v) is 11.7. The molecule has 1 atom stereocenters. The van der Waals surface area contributed by atoms with Crippen molar-refractivity contribution in [3.63, 3.8) is 0 Å². The highest BCUT2D eigenvalue weighted by Gasteiger charge is 2.25. The lowest BCUT2D eigenvalue weighted by Crippen LogP contribution is -2.45. The molecule has 110 valence electrons. The highest BCUT2D eigenvalue weighted by Crippen LogP contribution is 2.15. The predicted octanol–water partition coefficient (Wildman–Crippen LogP) is 1.76. The van der Waals surface area contributed by atoms with E-state index < -0.39 is 12.1 Å². The second-order valence-corrected chi connectivity index (χ2v) is 4.93. The van der Waals surface area contributed by atoms with E-state index in [4.69, 9.17) is 14.6 Å². The molecule has 1 aromatic carbocycles. The van der Waals surface area contributed by atoms with E-state index in [0.29, 0.717) is 13.2 Å².